The maximum absolute atomic E-state index is 12.2. The molecule has 5 heteroatoms. The van der Waals surface area contributed by atoms with Crippen LogP contribution < -0.4 is 5.32 Å². The Labute approximate surface area is 165 Å². The maximum atomic E-state index is 12.2. The first-order chi connectivity index (χ1) is 13.6. The monoisotopic (exact) mass is 381 g/mol. The highest BCUT2D eigenvalue weighted by atomic mass is 16.5. The van der Waals surface area contributed by atoms with Crippen LogP contribution in [-0.2, 0) is 20.7 Å². The molecule has 0 radical (unpaired) electrons. The van der Waals surface area contributed by atoms with E-state index in [0.29, 0.717) is 30.7 Å². The van der Waals surface area contributed by atoms with E-state index < -0.39 is 0 Å². The second-order valence-corrected chi connectivity index (χ2v) is 7.19. The lowest BCUT2D eigenvalue weighted by Gasteiger charge is -2.11. The summed E-state index contributed by atoms with van der Waals surface area (Å²) in [5.74, 6) is -0.522. The van der Waals surface area contributed by atoms with Crippen molar-refractivity contribution in [2.75, 3.05) is 11.9 Å². The summed E-state index contributed by atoms with van der Waals surface area (Å²) in [4.78, 5) is 24.1. The molecule has 0 aromatic heterocycles. The Bertz CT molecular complexity index is 819. The topological polar surface area (TPSA) is 75.6 Å². The van der Waals surface area contributed by atoms with Crippen LogP contribution in [0.25, 0.3) is 0 Å². The molecule has 1 fully saturated rings. The van der Waals surface area contributed by atoms with Gasteiger partial charge >= 0.3 is 5.97 Å². The summed E-state index contributed by atoms with van der Waals surface area (Å²) >= 11 is 0. The number of hydrogen-bond acceptors (Lipinski definition) is 4. The molecule has 5 nitrogen and oxygen atoms in total. The molecule has 1 aliphatic rings. The molecule has 0 heterocycles. The minimum absolute atomic E-state index is 0.0400. The Morgan fingerprint density at radius 2 is 1.89 bits per heavy atom. The molecule has 1 amide bonds. The molecule has 2 aromatic carbocycles. The van der Waals surface area contributed by atoms with Crippen molar-refractivity contribution in [3.8, 4) is 5.75 Å². The lowest BCUT2D eigenvalue weighted by molar-refractivity contribution is -0.144. The molecule has 28 heavy (non-hydrogen) atoms. The standard InChI is InChI=1S/C23H27NO4/c1-2-28-23(27)19-15-18(19)17-12-8-13-20(22(17)26)24-21(25)14-7-6-11-16-9-4-3-5-10-16/h3-5,8-10,12-13,18-19,26H,2,6-7,11,14-15H2,1H3,(H,24,25)/t18-,19+/m0/s1. The number of aryl methyl sites for hydroxylation is 1. The van der Waals surface area contributed by atoms with Crippen molar-refractivity contribution in [1.82, 2.24) is 0 Å². The first-order valence-corrected chi connectivity index (χ1v) is 9.92. The Hall–Kier alpha value is -2.82. The summed E-state index contributed by atoms with van der Waals surface area (Å²) in [6, 6.07) is 15.5. The van der Waals surface area contributed by atoms with Crippen LogP contribution >= 0.6 is 0 Å². The Kier molecular flexibility index (Phi) is 6.69. The zero-order valence-electron chi connectivity index (χ0n) is 16.2. The van der Waals surface area contributed by atoms with Crippen molar-refractivity contribution < 1.29 is 19.4 Å². The van der Waals surface area contributed by atoms with Gasteiger partial charge in [0.2, 0.25) is 5.91 Å². The van der Waals surface area contributed by atoms with Crippen molar-refractivity contribution in [3.63, 3.8) is 0 Å². The van der Waals surface area contributed by atoms with E-state index in [1.54, 1.807) is 25.1 Å². The quantitative estimate of drug-likeness (QED) is 0.383. The predicted octanol–water partition coefficient (Wildman–Crippen LogP) is 4.41. The molecule has 1 saturated carbocycles. The number of rotatable bonds is 9. The number of nitrogens with one attached hydrogen (secondary N) is 1. The lowest BCUT2D eigenvalue weighted by Crippen LogP contribution is -2.12. The third-order valence-corrected chi connectivity index (χ3v) is 5.08. The molecular formula is C23H27NO4. The normalized spacial score (nSPS) is 17.8. The summed E-state index contributed by atoms with van der Waals surface area (Å²) < 4.78 is 5.05. The smallest absolute Gasteiger partial charge is 0.309 e. The second-order valence-electron chi connectivity index (χ2n) is 7.19. The number of anilines is 1. The van der Waals surface area contributed by atoms with Gasteiger partial charge in [-0.3, -0.25) is 9.59 Å². The number of unbranched alkanes of at least 4 members (excludes halogenated alkanes) is 1. The second kappa shape index (κ2) is 9.40. The largest absolute Gasteiger partial charge is 0.505 e. The number of carbonyl (C=O) groups excluding carboxylic acids is 2. The number of esters is 1. The van der Waals surface area contributed by atoms with Crippen molar-refractivity contribution in [2.24, 2.45) is 5.92 Å². The molecule has 0 unspecified atom stereocenters. The van der Waals surface area contributed by atoms with E-state index in [4.69, 9.17) is 4.74 Å². The van der Waals surface area contributed by atoms with Crippen molar-refractivity contribution in [1.29, 1.82) is 0 Å². The molecular weight excluding hydrogens is 354 g/mol. The summed E-state index contributed by atoms with van der Waals surface area (Å²) in [5, 5.41) is 13.3. The minimum atomic E-state index is -0.222. The van der Waals surface area contributed by atoms with Gasteiger partial charge in [-0.1, -0.05) is 42.5 Å². The summed E-state index contributed by atoms with van der Waals surface area (Å²) in [7, 11) is 0. The molecule has 2 N–H and O–H groups in total. The fourth-order valence-corrected chi connectivity index (χ4v) is 3.48. The van der Waals surface area contributed by atoms with Gasteiger partial charge in [-0.15, -0.1) is 0 Å². The van der Waals surface area contributed by atoms with E-state index in [0.717, 1.165) is 19.3 Å². The van der Waals surface area contributed by atoms with Crippen LogP contribution in [0.5, 0.6) is 5.75 Å². The molecule has 3 rings (SSSR count). The van der Waals surface area contributed by atoms with Crippen LogP contribution in [0.2, 0.25) is 0 Å². The van der Waals surface area contributed by atoms with Gasteiger partial charge in [0.15, 0.2) is 0 Å². The van der Waals surface area contributed by atoms with Gasteiger partial charge in [0.1, 0.15) is 5.75 Å². The number of para-hydroxylation sites is 1. The Balaban J connectivity index is 1.49. The predicted molar refractivity (Wildman–Crippen MR) is 108 cm³/mol. The van der Waals surface area contributed by atoms with Crippen LogP contribution in [0.3, 0.4) is 0 Å². The Morgan fingerprint density at radius 3 is 2.64 bits per heavy atom. The number of carbonyl (C=O) groups is 2. The Morgan fingerprint density at radius 1 is 1.11 bits per heavy atom. The molecule has 2 atom stereocenters. The molecule has 0 bridgehead atoms. The zero-order chi connectivity index (χ0) is 19.9. The number of phenols is 1. The number of hydrogen-bond donors (Lipinski definition) is 2. The summed E-state index contributed by atoms with van der Waals surface area (Å²) in [6.07, 6.45) is 3.75. The van der Waals surface area contributed by atoms with Crippen LogP contribution in [-0.4, -0.2) is 23.6 Å². The first kappa shape index (κ1) is 19.9. The van der Waals surface area contributed by atoms with Gasteiger partial charge in [0, 0.05) is 17.9 Å². The molecule has 0 aliphatic heterocycles. The summed E-state index contributed by atoms with van der Waals surface area (Å²) in [6.45, 7) is 2.14. The van der Waals surface area contributed by atoms with E-state index in [1.165, 1.54) is 5.56 Å². The molecule has 0 spiro atoms. The van der Waals surface area contributed by atoms with Gasteiger partial charge in [-0.05, 0) is 44.2 Å². The van der Waals surface area contributed by atoms with E-state index in [2.05, 4.69) is 17.4 Å². The molecule has 0 saturated heterocycles. The van der Waals surface area contributed by atoms with Gasteiger partial charge in [0.05, 0.1) is 18.2 Å². The minimum Gasteiger partial charge on any atom is -0.505 e. The van der Waals surface area contributed by atoms with Crippen molar-refractivity contribution in [3.05, 3.63) is 59.7 Å². The highest BCUT2D eigenvalue weighted by Crippen LogP contribution is 2.52. The molecule has 1 aliphatic carbocycles. The molecule has 148 valence electrons. The van der Waals surface area contributed by atoms with E-state index in [9.17, 15) is 14.7 Å². The van der Waals surface area contributed by atoms with E-state index in [-0.39, 0.29) is 29.5 Å². The fourth-order valence-electron chi connectivity index (χ4n) is 3.48. The van der Waals surface area contributed by atoms with Gasteiger partial charge < -0.3 is 15.2 Å². The van der Waals surface area contributed by atoms with E-state index in [1.807, 2.05) is 18.2 Å². The zero-order valence-corrected chi connectivity index (χ0v) is 16.2. The number of amides is 1. The third-order valence-electron chi connectivity index (χ3n) is 5.08. The summed E-state index contributed by atoms with van der Waals surface area (Å²) in [5.41, 5.74) is 2.37. The van der Waals surface area contributed by atoms with E-state index >= 15 is 0 Å². The van der Waals surface area contributed by atoms with Gasteiger partial charge in [0.25, 0.3) is 0 Å². The van der Waals surface area contributed by atoms with Crippen LogP contribution in [0, 0.1) is 5.92 Å². The van der Waals surface area contributed by atoms with Gasteiger partial charge in [-0.25, -0.2) is 0 Å². The van der Waals surface area contributed by atoms with Gasteiger partial charge in [-0.2, -0.15) is 0 Å². The first-order valence-electron chi connectivity index (χ1n) is 9.92. The van der Waals surface area contributed by atoms with Crippen LogP contribution in [0.4, 0.5) is 5.69 Å². The number of phenolic OH excluding ortho intramolecular Hbond substituents is 1. The molecule has 2 aromatic rings. The number of benzene rings is 2. The maximum Gasteiger partial charge on any atom is 0.309 e. The fraction of sp³-hybridized carbons (Fsp3) is 0.391. The SMILES string of the molecule is CCOC(=O)[C@@H]1C[C@H]1c1cccc(NC(=O)CCCCc2ccccc2)c1O. The average Bonchev–Trinajstić information content (AvgIpc) is 3.49. The van der Waals surface area contributed by atoms with Crippen molar-refractivity contribution >= 4 is 17.6 Å². The highest BCUT2D eigenvalue weighted by molar-refractivity contribution is 5.92. The van der Waals surface area contributed by atoms with Crippen LogP contribution in [0.15, 0.2) is 48.5 Å². The average molecular weight is 381 g/mol. The third kappa shape index (κ3) is 5.12. The van der Waals surface area contributed by atoms with Crippen molar-refractivity contribution in [2.45, 2.75) is 44.9 Å². The number of aromatic hydroxyl groups is 1. The number of ether oxygens (including phenoxy) is 1. The lowest BCUT2D eigenvalue weighted by atomic mass is 10.1. The van der Waals surface area contributed by atoms with Crippen LogP contribution in [0.1, 0.15) is 49.7 Å². The highest BCUT2D eigenvalue weighted by Gasteiger charge is 2.46.